The lowest BCUT2D eigenvalue weighted by Gasteiger charge is -2.13. The number of hydrogen-bond acceptors (Lipinski definition) is 10. The number of methoxy groups -OCH3 is 2. The van der Waals surface area contributed by atoms with Crippen molar-refractivity contribution in [1.29, 1.82) is 0 Å². The Morgan fingerprint density at radius 3 is 2.88 bits per heavy atom. The highest BCUT2D eigenvalue weighted by molar-refractivity contribution is 7.98. The van der Waals surface area contributed by atoms with Crippen molar-refractivity contribution in [3.05, 3.63) is 56.8 Å². The van der Waals surface area contributed by atoms with Gasteiger partial charge < -0.3 is 14.0 Å². The number of rotatable bonds is 9. The van der Waals surface area contributed by atoms with Crippen molar-refractivity contribution < 1.29 is 18.8 Å². The van der Waals surface area contributed by atoms with Gasteiger partial charge in [0.15, 0.2) is 11.0 Å². The predicted molar refractivity (Wildman–Crippen MR) is 121 cm³/mol. The topological polar surface area (TPSA) is 109 Å². The lowest BCUT2D eigenvalue weighted by Crippen LogP contribution is -2.24. The maximum absolute atomic E-state index is 13.2. The fraction of sp³-hybridized carbons (Fsp3) is 0.286. The molecule has 0 N–H and O–H groups in total. The Morgan fingerprint density at radius 2 is 2.12 bits per heavy atom. The van der Waals surface area contributed by atoms with Crippen molar-refractivity contribution in [2.75, 3.05) is 20.8 Å². The molecule has 0 aliphatic carbocycles. The largest absolute Gasteiger partial charge is 0.465 e. The first-order valence-electron chi connectivity index (χ1n) is 9.70. The van der Waals surface area contributed by atoms with Crippen LogP contribution in [0.1, 0.15) is 22.6 Å². The van der Waals surface area contributed by atoms with Gasteiger partial charge >= 0.3 is 5.97 Å². The van der Waals surface area contributed by atoms with Crippen molar-refractivity contribution in [3.8, 4) is 11.5 Å². The van der Waals surface area contributed by atoms with Gasteiger partial charge in [-0.25, -0.2) is 9.78 Å². The summed E-state index contributed by atoms with van der Waals surface area (Å²) < 4.78 is 16.9. The van der Waals surface area contributed by atoms with E-state index < -0.39 is 5.97 Å². The third kappa shape index (κ3) is 4.74. The van der Waals surface area contributed by atoms with Gasteiger partial charge in [-0.2, -0.15) is 16.3 Å². The second kappa shape index (κ2) is 10.1. The molecule has 0 fully saturated rings. The molecule has 3 aromatic heterocycles. The molecule has 0 spiro atoms. The number of esters is 1. The lowest BCUT2D eigenvalue weighted by molar-refractivity contribution is 0.0601. The third-order valence-electron chi connectivity index (χ3n) is 4.64. The van der Waals surface area contributed by atoms with Crippen molar-refractivity contribution in [2.45, 2.75) is 23.9 Å². The molecule has 0 bridgehead atoms. The zero-order valence-corrected chi connectivity index (χ0v) is 19.1. The zero-order valence-electron chi connectivity index (χ0n) is 17.4. The van der Waals surface area contributed by atoms with E-state index in [0.29, 0.717) is 58.7 Å². The molecule has 11 heteroatoms. The number of nitrogens with zero attached hydrogens (tertiary/aromatic N) is 4. The molecule has 4 aromatic rings. The quantitative estimate of drug-likeness (QED) is 0.156. The monoisotopic (exact) mass is 472 g/mol. The molecule has 0 radical (unpaired) electrons. The first kappa shape index (κ1) is 22.2. The second-order valence-electron chi connectivity index (χ2n) is 6.74. The summed E-state index contributed by atoms with van der Waals surface area (Å²) in [4.78, 5) is 34.1. The van der Waals surface area contributed by atoms with Crippen LogP contribution in [0, 0.1) is 0 Å². The van der Waals surface area contributed by atoms with E-state index >= 15 is 0 Å². The number of carbonyl (C=O) groups excluding carboxylic acids is 1. The van der Waals surface area contributed by atoms with Crippen molar-refractivity contribution in [1.82, 2.24) is 19.7 Å². The second-order valence-corrected chi connectivity index (χ2v) is 8.46. The summed E-state index contributed by atoms with van der Waals surface area (Å²) in [5, 5.41) is 8.83. The minimum Gasteiger partial charge on any atom is -0.465 e. The molecule has 3 heterocycles. The summed E-state index contributed by atoms with van der Waals surface area (Å²) in [6.07, 6.45) is 0.655. The fourth-order valence-electron chi connectivity index (χ4n) is 3.06. The molecule has 0 saturated carbocycles. The Kier molecular flexibility index (Phi) is 6.98. The van der Waals surface area contributed by atoms with Crippen molar-refractivity contribution in [2.24, 2.45) is 0 Å². The number of fused-ring (bicyclic) bond motifs is 1. The molecular weight excluding hydrogens is 452 g/mol. The van der Waals surface area contributed by atoms with Gasteiger partial charge in [-0.15, -0.1) is 0 Å². The Hall–Kier alpha value is -3.02. The van der Waals surface area contributed by atoms with Crippen LogP contribution in [0.5, 0.6) is 0 Å². The normalized spacial score (nSPS) is 11.2. The van der Waals surface area contributed by atoms with E-state index in [0.717, 1.165) is 5.56 Å². The number of thiophene rings is 1. The summed E-state index contributed by atoms with van der Waals surface area (Å²) in [6.45, 7) is 0.966. The predicted octanol–water partition coefficient (Wildman–Crippen LogP) is 3.62. The molecule has 0 amide bonds. The third-order valence-corrected chi connectivity index (χ3v) is 6.29. The summed E-state index contributed by atoms with van der Waals surface area (Å²) in [6, 6.07) is 6.64. The number of benzene rings is 1. The fourth-order valence-corrected chi connectivity index (χ4v) is 4.56. The molecule has 0 aliphatic rings. The average molecular weight is 473 g/mol. The minimum absolute atomic E-state index is 0.183. The molecular formula is C21H20N4O5S2. The molecule has 4 rings (SSSR count). The number of hydrogen-bond donors (Lipinski definition) is 0. The van der Waals surface area contributed by atoms with Crippen LogP contribution in [-0.2, 0) is 21.8 Å². The van der Waals surface area contributed by atoms with Gasteiger partial charge in [-0.3, -0.25) is 9.36 Å². The van der Waals surface area contributed by atoms with E-state index in [1.165, 1.54) is 18.9 Å². The van der Waals surface area contributed by atoms with E-state index in [1.54, 1.807) is 41.2 Å². The Morgan fingerprint density at radius 1 is 1.25 bits per heavy atom. The number of aromatic nitrogens is 4. The SMILES string of the molecule is COCCCn1c(SCc2noc(-c3ccsc3)n2)nc2cc(C(=O)OC)ccc2c1=O. The van der Waals surface area contributed by atoms with E-state index in [1.807, 2.05) is 16.8 Å². The van der Waals surface area contributed by atoms with E-state index in [2.05, 4.69) is 15.1 Å². The number of carbonyl (C=O) groups is 1. The summed E-state index contributed by atoms with van der Waals surface area (Å²) >= 11 is 2.88. The number of ether oxygens (including phenoxy) is 2. The van der Waals surface area contributed by atoms with Crippen LogP contribution < -0.4 is 5.56 Å². The van der Waals surface area contributed by atoms with Crippen LogP contribution in [-0.4, -0.2) is 46.5 Å². The minimum atomic E-state index is -0.486. The van der Waals surface area contributed by atoms with Gasteiger partial charge in [0.05, 0.1) is 34.9 Å². The Balaban J connectivity index is 1.65. The van der Waals surface area contributed by atoms with Crippen molar-refractivity contribution in [3.63, 3.8) is 0 Å². The highest BCUT2D eigenvalue weighted by Crippen LogP contribution is 2.25. The first-order chi connectivity index (χ1) is 15.6. The lowest BCUT2D eigenvalue weighted by atomic mass is 10.1. The highest BCUT2D eigenvalue weighted by atomic mass is 32.2. The zero-order chi connectivity index (χ0) is 22.5. The number of thioether (sulfide) groups is 1. The van der Waals surface area contributed by atoms with Crippen LogP contribution in [0.15, 0.2) is 49.5 Å². The molecule has 0 unspecified atom stereocenters. The van der Waals surface area contributed by atoms with E-state index in [9.17, 15) is 9.59 Å². The molecule has 32 heavy (non-hydrogen) atoms. The van der Waals surface area contributed by atoms with Crippen molar-refractivity contribution >= 4 is 40.0 Å². The molecule has 9 nitrogen and oxygen atoms in total. The summed E-state index contributed by atoms with van der Waals surface area (Å²) in [5.41, 5.74) is 1.44. The van der Waals surface area contributed by atoms with Gasteiger partial charge in [0.1, 0.15) is 0 Å². The maximum Gasteiger partial charge on any atom is 0.337 e. The highest BCUT2D eigenvalue weighted by Gasteiger charge is 2.16. The maximum atomic E-state index is 13.2. The molecule has 0 aliphatic heterocycles. The molecule has 166 valence electrons. The van der Waals surface area contributed by atoms with Crippen LogP contribution in [0.25, 0.3) is 22.4 Å². The molecule has 1 aromatic carbocycles. The average Bonchev–Trinajstić information content (AvgIpc) is 3.50. The Labute approximate surface area is 191 Å². The van der Waals surface area contributed by atoms with Crippen LogP contribution in [0.3, 0.4) is 0 Å². The smallest absolute Gasteiger partial charge is 0.337 e. The standard InChI is InChI=1S/C21H20N4O5S2/c1-28-8-3-7-25-19(26)15-5-4-13(20(27)29-2)10-16(15)22-21(25)32-12-17-23-18(30-24-17)14-6-9-31-11-14/h4-6,9-11H,3,7-8,12H2,1-2H3. The van der Waals surface area contributed by atoms with E-state index in [4.69, 9.17) is 14.0 Å². The van der Waals surface area contributed by atoms with Crippen LogP contribution >= 0.6 is 23.1 Å². The van der Waals surface area contributed by atoms with Gasteiger partial charge in [-0.1, -0.05) is 16.9 Å². The van der Waals surface area contributed by atoms with Gasteiger partial charge in [0.2, 0.25) is 0 Å². The van der Waals surface area contributed by atoms with Crippen LogP contribution in [0.2, 0.25) is 0 Å². The molecule has 0 saturated heterocycles. The summed E-state index contributed by atoms with van der Waals surface area (Å²) in [5.74, 6) is 0.831. The summed E-state index contributed by atoms with van der Waals surface area (Å²) in [7, 11) is 2.93. The van der Waals surface area contributed by atoms with E-state index in [-0.39, 0.29) is 5.56 Å². The van der Waals surface area contributed by atoms with Gasteiger partial charge in [0.25, 0.3) is 11.4 Å². The van der Waals surface area contributed by atoms with Crippen LogP contribution in [0.4, 0.5) is 0 Å². The molecule has 0 atom stereocenters. The first-order valence-corrected chi connectivity index (χ1v) is 11.6. The Bertz CT molecular complexity index is 1280. The van der Waals surface area contributed by atoms with Gasteiger partial charge in [0, 0.05) is 25.6 Å². The van der Waals surface area contributed by atoms with Gasteiger partial charge in [-0.05, 0) is 36.1 Å².